The van der Waals surface area contributed by atoms with Crippen LogP contribution in [0.5, 0.6) is 0 Å². The zero-order chi connectivity index (χ0) is 21.4. The Morgan fingerprint density at radius 3 is 2.29 bits per heavy atom. The van der Waals surface area contributed by atoms with Gasteiger partial charge in [0.15, 0.2) is 0 Å². The molecule has 170 valence electrons. The summed E-state index contributed by atoms with van der Waals surface area (Å²) in [5.74, 6) is 1.16. The summed E-state index contributed by atoms with van der Waals surface area (Å²) in [4.78, 5) is 16.5. The van der Waals surface area contributed by atoms with Crippen LogP contribution in [0.15, 0.2) is 24.3 Å². The second-order valence-electron chi connectivity index (χ2n) is 10.7. The fraction of sp³-hybridized carbons (Fsp3) is 0.731. The van der Waals surface area contributed by atoms with E-state index in [1.165, 1.54) is 70.6 Å². The van der Waals surface area contributed by atoms with Gasteiger partial charge in [-0.05, 0) is 68.9 Å². The van der Waals surface area contributed by atoms with Gasteiger partial charge in [0, 0.05) is 31.2 Å². The molecule has 1 aromatic rings. The molecule has 5 heteroatoms. The van der Waals surface area contributed by atoms with Crippen molar-refractivity contribution >= 4 is 17.3 Å². The maximum absolute atomic E-state index is 11.1. The molecule has 1 aromatic carbocycles. The number of hydrogen-bond donors (Lipinski definition) is 2. The highest BCUT2D eigenvalue weighted by molar-refractivity contribution is 5.77. The summed E-state index contributed by atoms with van der Waals surface area (Å²) >= 11 is 0. The Morgan fingerprint density at radius 2 is 1.61 bits per heavy atom. The van der Waals surface area contributed by atoms with Gasteiger partial charge in [-0.2, -0.15) is 0 Å². The van der Waals surface area contributed by atoms with Crippen LogP contribution in [0.4, 0.5) is 11.4 Å². The predicted octanol–water partition coefficient (Wildman–Crippen LogP) is 4.97. The molecule has 2 aliphatic heterocycles. The summed E-state index contributed by atoms with van der Waals surface area (Å²) in [5.41, 5.74) is 2.06. The number of carboxylic acids is 1. The monoisotopic (exact) mass is 425 g/mol. The van der Waals surface area contributed by atoms with Crippen LogP contribution in [0.3, 0.4) is 0 Å². The number of fused-ring (bicyclic) bond motifs is 4. The van der Waals surface area contributed by atoms with Gasteiger partial charge in [0.2, 0.25) is 0 Å². The van der Waals surface area contributed by atoms with Crippen LogP contribution in [0.2, 0.25) is 0 Å². The van der Waals surface area contributed by atoms with Crippen LogP contribution < -0.4 is 10.2 Å². The highest BCUT2D eigenvalue weighted by atomic mass is 16.4. The molecular weight excluding hydrogens is 386 g/mol. The number of hydrogen-bond acceptors (Lipinski definition) is 4. The van der Waals surface area contributed by atoms with Crippen LogP contribution in [-0.2, 0) is 4.79 Å². The van der Waals surface area contributed by atoms with Gasteiger partial charge in [0.1, 0.15) is 6.54 Å². The van der Waals surface area contributed by atoms with Crippen LogP contribution in [0, 0.1) is 11.8 Å². The fourth-order valence-electron chi connectivity index (χ4n) is 7.54. The number of anilines is 2. The van der Waals surface area contributed by atoms with Crippen molar-refractivity contribution in [3.05, 3.63) is 24.3 Å². The number of para-hydroxylation sites is 2. The molecule has 2 saturated heterocycles. The molecule has 4 atom stereocenters. The highest BCUT2D eigenvalue weighted by Crippen LogP contribution is 2.46. The molecule has 4 aliphatic rings. The molecule has 5 rings (SSSR count). The number of carboxylic acid groups (broad SMARTS) is 1. The van der Waals surface area contributed by atoms with E-state index in [-0.39, 0.29) is 6.54 Å². The average molecular weight is 426 g/mol. The molecule has 0 aromatic heterocycles. The lowest BCUT2D eigenvalue weighted by Gasteiger charge is -2.56. The molecule has 2 aliphatic carbocycles. The van der Waals surface area contributed by atoms with Crippen molar-refractivity contribution in [1.29, 1.82) is 0 Å². The van der Waals surface area contributed by atoms with E-state index in [0.717, 1.165) is 41.3 Å². The molecule has 0 radical (unpaired) electrons. The molecule has 2 N–H and O–H groups in total. The van der Waals surface area contributed by atoms with Crippen molar-refractivity contribution in [2.75, 3.05) is 23.8 Å². The van der Waals surface area contributed by atoms with E-state index >= 15 is 0 Å². The van der Waals surface area contributed by atoms with Crippen molar-refractivity contribution in [3.63, 3.8) is 0 Å². The number of rotatable bonds is 6. The Labute approximate surface area is 187 Å². The van der Waals surface area contributed by atoms with E-state index in [0.29, 0.717) is 6.04 Å². The molecule has 31 heavy (non-hydrogen) atoms. The van der Waals surface area contributed by atoms with Crippen molar-refractivity contribution < 1.29 is 9.90 Å². The summed E-state index contributed by atoms with van der Waals surface area (Å²) < 4.78 is 0. The van der Waals surface area contributed by atoms with E-state index in [2.05, 4.69) is 34.3 Å². The first kappa shape index (κ1) is 21.1. The van der Waals surface area contributed by atoms with E-state index < -0.39 is 5.97 Å². The lowest BCUT2D eigenvalue weighted by molar-refractivity contribution is -0.134. The molecular formula is C26H39N3O2. The molecule has 4 fully saturated rings. The van der Waals surface area contributed by atoms with Crippen LogP contribution in [0.25, 0.3) is 0 Å². The number of nitrogens with one attached hydrogen (secondary N) is 1. The van der Waals surface area contributed by atoms with Gasteiger partial charge in [0.05, 0.1) is 11.4 Å². The number of nitrogens with zero attached hydrogens (tertiary/aromatic N) is 2. The minimum atomic E-state index is -0.822. The van der Waals surface area contributed by atoms with Gasteiger partial charge < -0.3 is 15.3 Å². The summed E-state index contributed by atoms with van der Waals surface area (Å²) in [6.07, 6.45) is 15.4. The molecule has 0 spiro atoms. The minimum absolute atomic E-state index is 0.0431. The fourth-order valence-corrected chi connectivity index (χ4v) is 7.54. The lowest BCUT2D eigenvalue weighted by atomic mass is 9.68. The first-order valence-corrected chi connectivity index (χ1v) is 12.6. The topological polar surface area (TPSA) is 55.8 Å². The number of carbonyl (C=O) groups is 1. The van der Waals surface area contributed by atoms with Crippen molar-refractivity contribution in [1.82, 2.24) is 4.90 Å². The van der Waals surface area contributed by atoms with Crippen molar-refractivity contribution in [2.45, 2.75) is 94.8 Å². The van der Waals surface area contributed by atoms with Gasteiger partial charge in [-0.25, -0.2) is 0 Å². The van der Waals surface area contributed by atoms with Crippen molar-refractivity contribution in [3.8, 4) is 0 Å². The van der Waals surface area contributed by atoms with E-state index in [4.69, 9.17) is 5.11 Å². The molecule has 4 unspecified atom stereocenters. The third-order valence-electron chi connectivity index (χ3n) is 8.79. The molecule has 2 saturated carbocycles. The predicted molar refractivity (Wildman–Crippen MR) is 126 cm³/mol. The van der Waals surface area contributed by atoms with Gasteiger partial charge in [0.25, 0.3) is 0 Å². The van der Waals surface area contributed by atoms with Gasteiger partial charge in [-0.1, -0.05) is 37.8 Å². The molecule has 2 heterocycles. The highest BCUT2D eigenvalue weighted by Gasteiger charge is 2.45. The normalized spacial score (nSPS) is 35.4. The number of aliphatic carboxylic acids is 1. The Bertz CT molecular complexity index is 758. The lowest BCUT2D eigenvalue weighted by Crippen LogP contribution is -2.61. The largest absolute Gasteiger partial charge is 0.480 e. The SMILES string of the molecule is CN(c1ccccc1NCC(=O)O)C1CC2CCCC(C1)N2C1CC2CCCC(C2)C1. The Balaban J connectivity index is 1.30. The van der Waals surface area contributed by atoms with E-state index in [9.17, 15) is 4.79 Å². The Kier molecular flexibility index (Phi) is 6.14. The average Bonchev–Trinajstić information content (AvgIpc) is 2.76. The van der Waals surface area contributed by atoms with Gasteiger partial charge >= 0.3 is 5.97 Å². The molecule has 4 bridgehead atoms. The number of piperidine rings is 2. The summed E-state index contributed by atoms with van der Waals surface area (Å²) in [7, 11) is 2.21. The maximum Gasteiger partial charge on any atom is 0.322 e. The van der Waals surface area contributed by atoms with Gasteiger partial charge in [-0.15, -0.1) is 0 Å². The number of benzene rings is 1. The second kappa shape index (κ2) is 9.01. The third-order valence-corrected chi connectivity index (χ3v) is 8.79. The minimum Gasteiger partial charge on any atom is -0.480 e. The zero-order valence-corrected chi connectivity index (χ0v) is 19.0. The van der Waals surface area contributed by atoms with Crippen molar-refractivity contribution in [2.24, 2.45) is 11.8 Å². The van der Waals surface area contributed by atoms with Gasteiger partial charge in [-0.3, -0.25) is 9.69 Å². The zero-order valence-electron chi connectivity index (χ0n) is 19.0. The second-order valence-corrected chi connectivity index (χ2v) is 10.7. The van der Waals surface area contributed by atoms with Crippen LogP contribution in [-0.4, -0.2) is 53.7 Å². The van der Waals surface area contributed by atoms with Crippen LogP contribution in [0.1, 0.15) is 70.6 Å². The maximum atomic E-state index is 11.1. The summed E-state index contributed by atoms with van der Waals surface area (Å²) in [6.45, 7) is -0.0431. The quantitative estimate of drug-likeness (QED) is 0.674. The van der Waals surface area contributed by atoms with E-state index in [1.807, 2.05) is 12.1 Å². The first-order valence-electron chi connectivity index (χ1n) is 12.6. The van der Waals surface area contributed by atoms with Crippen LogP contribution >= 0.6 is 0 Å². The Hall–Kier alpha value is -1.75. The molecule has 5 nitrogen and oxygen atoms in total. The smallest absolute Gasteiger partial charge is 0.322 e. The standard InChI is InChI=1S/C26H39N3O2/c1-28(25-11-3-2-10-24(25)27-17-26(30)31)22-15-20-8-5-9-21(16-22)29(20)23-13-18-6-4-7-19(12-18)14-23/h2-3,10-11,18-23,27H,4-9,12-17H2,1H3,(H,30,31). The summed E-state index contributed by atoms with van der Waals surface area (Å²) in [5, 5.41) is 12.2. The summed E-state index contributed by atoms with van der Waals surface area (Å²) in [6, 6.07) is 11.0. The Morgan fingerprint density at radius 1 is 0.968 bits per heavy atom. The van der Waals surface area contributed by atoms with E-state index in [1.54, 1.807) is 0 Å². The first-order chi connectivity index (χ1) is 15.1. The molecule has 0 amide bonds. The third kappa shape index (κ3) is 4.44.